The molecule has 1 aliphatic rings. The van der Waals surface area contributed by atoms with Gasteiger partial charge in [-0.1, -0.05) is 19.1 Å². The van der Waals surface area contributed by atoms with E-state index in [0.717, 1.165) is 0 Å². The average Bonchev–Trinajstić information content (AvgIpc) is 2.32. The molecule has 6 heteroatoms. The summed E-state index contributed by atoms with van der Waals surface area (Å²) in [4.78, 5) is 0. The van der Waals surface area contributed by atoms with Gasteiger partial charge in [0.2, 0.25) is 10.0 Å². The van der Waals surface area contributed by atoms with E-state index in [1.807, 2.05) is 12.1 Å². The van der Waals surface area contributed by atoms with Crippen LogP contribution in [0, 0.1) is 28.6 Å². The minimum Gasteiger partial charge on any atom is -0.213 e. The van der Waals surface area contributed by atoms with Gasteiger partial charge in [-0.05, 0) is 13.0 Å². The molecule has 5 nitrogen and oxygen atoms in total. The lowest BCUT2D eigenvalue weighted by molar-refractivity contribution is 0.495. The van der Waals surface area contributed by atoms with E-state index >= 15 is 0 Å². The Morgan fingerprint density at radius 3 is 2.72 bits per heavy atom. The fraction of sp³-hybridized carbons (Fsp3) is 0.500. The molecule has 0 heterocycles. The van der Waals surface area contributed by atoms with Crippen molar-refractivity contribution < 1.29 is 8.42 Å². The minimum absolute atomic E-state index is 0.0839. The van der Waals surface area contributed by atoms with Crippen molar-refractivity contribution in [3.05, 3.63) is 23.8 Å². The molecule has 18 heavy (non-hydrogen) atoms. The van der Waals surface area contributed by atoms with Gasteiger partial charge in [-0.15, -0.1) is 0 Å². The second-order valence-corrected chi connectivity index (χ2v) is 6.48. The molecule has 0 aromatic heterocycles. The number of nitrogens with zero attached hydrogens (tertiary/aromatic N) is 2. The van der Waals surface area contributed by atoms with Crippen molar-refractivity contribution in [3.8, 4) is 12.1 Å². The second-order valence-electron chi connectivity index (χ2n) is 4.30. The fourth-order valence-electron chi connectivity index (χ4n) is 1.79. The predicted octanol–water partition coefficient (Wildman–Crippen LogP) is 1.23. The SMILES string of the molecule is CC1C(C#N)=CC=CC1(C)S(=O)(=O)NCCC#N. The lowest BCUT2D eigenvalue weighted by Gasteiger charge is -2.33. The zero-order valence-corrected chi connectivity index (χ0v) is 11.2. The molecule has 0 radical (unpaired) electrons. The van der Waals surface area contributed by atoms with Crippen molar-refractivity contribution in [2.75, 3.05) is 6.54 Å². The van der Waals surface area contributed by atoms with Gasteiger partial charge in [0.25, 0.3) is 0 Å². The van der Waals surface area contributed by atoms with Crippen LogP contribution in [0.25, 0.3) is 0 Å². The van der Waals surface area contributed by atoms with Gasteiger partial charge in [-0.2, -0.15) is 10.5 Å². The monoisotopic (exact) mass is 265 g/mol. The van der Waals surface area contributed by atoms with Crippen molar-refractivity contribution in [2.45, 2.75) is 25.0 Å². The van der Waals surface area contributed by atoms with Gasteiger partial charge in [0.05, 0.1) is 12.1 Å². The predicted molar refractivity (Wildman–Crippen MR) is 67.6 cm³/mol. The lowest BCUT2D eigenvalue weighted by Crippen LogP contribution is -2.48. The van der Waals surface area contributed by atoms with Gasteiger partial charge in [-0.3, -0.25) is 0 Å². The first-order valence-corrected chi connectivity index (χ1v) is 7.03. The topological polar surface area (TPSA) is 93.8 Å². The molecule has 0 bridgehead atoms. The van der Waals surface area contributed by atoms with Crippen LogP contribution >= 0.6 is 0 Å². The standard InChI is InChI=1S/C12H15N3O2S/c1-10-11(9-14)5-3-6-12(10,2)18(16,17)15-8-4-7-13/h3,5-6,10,15H,4,8H2,1-2H3. The summed E-state index contributed by atoms with van der Waals surface area (Å²) in [5, 5.41) is 17.4. The van der Waals surface area contributed by atoms with Crippen molar-refractivity contribution in [3.63, 3.8) is 0 Å². The normalized spacial score (nSPS) is 27.1. The molecule has 96 valence electrons. The van der Waals surface area contributed by atoms with Gasteiger partial charge < -0.3 is 0 Å². The van der Waals surface area contributed by atoms with Crippen LogP contribution < -0.4 is 4.72 Å². The molecule has 0 saturated heterocycles. The molecule has 1 aliphatic carbocycles. The quantitative estimate of drug-likeness (QED) is 0.774. The number of sulfonamides is 1. The van der Waals surface area contributed by atoms with Crippen molar-refractivity contribution in [1.29, 1.82) is 10.5 Å². The fourth-order valence-corrected chi connectivity index (χ4v) is 3.33. The van der Waals surface area contributed by atoms with E-state index in [9.17, 15) is 8.42 Å². The number of allylic oxidation sites excluding steroid dienone is 3. The van der Waals surface area contributed by atoms with Crippen molar-refractivity contribution in [2.24, 2.45) is 5.92 Å². The van der Waals surface area contributed by atoms with E-state index in [-0.39, 0.29) is 13.0 Å². The Bertz CT molecular complexity index is 563. The first kappa shape index (κ1) is 14.4. The molecule has 1 rings (SSSR count). The van der Waals surface area contributed by atoms with Crippen LogP contribution in [0.4, 0.5) is 0 Å². The average molecular weight is 265 g/mol. The maximum atomic E-state index is 12.2. The van der Waals surface area contributed by atoms with Crippen molar-refractivity contribution in [1.82, 2.24) is 4.72 Å². The molecule has 0 aliphatic heterocycles. The van der Waals surface area contributed by atoms with E-state index in [2.05, 4.69) is 4.72 Å². The summed E-state index contributed by atoms with van der Waals surface area (Å²) in [5.74, 6) is -0.424. The molecule has 0 amide bonds. The molecule has 0 saturated carbocycles. The Kier molecular flexibility index (Phi) is 4.28. The van der Waals surface area contributed by atoms with Crippen LogP contribution in [0.2, 0.25) is 0 Å². The zero-order chi connectivity index (χ0) is 13.8. The molecule has 2 atom stereocenters. The molecule has 0 aromatic carbocycles. The molecule has 0 fully saturated rings. The number of hydrogen-bond donors (Lipinski definition) is 1. The van der Waals surface area contributed by atoms with E-state index in [1.54, 1.807) is 32.1 Å². The lowest BCUT2D eigenvalue weighted by atomic mass is 9.84. The van der Waals surface area contributed by atoms with E-state index in [0.29, 0.717) is 5.57 Å². The Morgan fingerprint density at radius 1 is 1.50 bits per heavy atom. The van der Waals surface area contributed by atoms with E-state index in [4.69, 9.17) is 10.5 Å². The molecule has 0 spiro atoms. The number of nitriles is 2. The third-order valence-corrected chi connectivity index (χ3v) is 5.50. The molecule has 1 N–H and O–H groups in total. The smallest absolute Gasteiger partial charge is 0.213 e. The summed E-state index contributed by atoms with van der Waals surface area (Å²) < 4.78 is 25.7. The highest BCUT2D eigenvalue weighted by Gasteiger charge is 2.44. The second kappa shape index (κ2) is 5.34. The maximum absolute atomic E-state index is 12.2. The molecule has 0 aromatic rings. The third kappa shape index (κ3) is 2.45. The highest BCUT2D eigenvalue weighted by Crippen LogP contribution is 2.35. The number of nitrogens with one attached hydrogen (secondary N) is 1. The Hall–Kier alpha value is -1.63. The Balaban J connectivity index is 3.02. The molecular weight excluding hydrogens is 250 g/mol. The third-order valence-electron chi connectivity index (χ3n) is 3.27. The molecule has 2 unspecified atom stereocenters. The summed E-state index contributed by atoms with van der Waals surface area (Å²) >= 11 is 0. The minimum atomic E-state index is -3.63. The number of rotatable bonds is 4. The van der Waals surface area contributed by atoms with E-state index in [1.165, 1.54) is 0 Å². The van der Waals surface area contributed by atoms with Crippen LogP contribution in [-0.4, -0.2) is 19.7 Å². The van der Waals surface area contributed by atoms with Gasteiger partial charge in [0.1, 0.15) is 4.75 Å². The summed E-state index contributed by atoms with van der Waals surface area (Å²) in [6.07, 6.45) is 4.90. The maximum Gasteiger partial charge on any atom is 0.221 e. The number of hydrogen-bond acceptors (Lipinski definition) is 4. The summed E-state index contributed by atoms with van der Waals surface area (Å²) in [7, 11) is -3.63. The van der Waals surface area contributed by atoms with Crippen molar-refractivity contribution >= 4 is 10.0 Å². The summed E-state index contributed by atoms with van der Waals surface area (Å²) in [6, 6.07) is 3.89. The first-order chi connectivity index (χ1) is 8.39. The van der Waals surface area contributed by atoms with Crippen LogP contribution in [-0.2, 0) is 10.0 Å². The summed E-state index contributed by atoms with van der Waals surface area (Å²) in [6.45, 7) is 3.37. The zero-order valence-electron chi connectivity index (χ0n) is 10.3. The van der Waals surface area contributed by atoms with Crippen LogP contribution in [0.5, 0.6) is 0 Å². The van der Waals surface area contributed by atoms with E-state index < -0.39 is 20.7 Å². The first-order valence-electron chi connectivity index (χ1n) is 5.54. The highest BCUT2D eigenvalue weighted by molar-refractivity contribution is 7.91. The summed E-state index contributed by atoms with van der Waals surface area (Å²) in [5.41, 5.74) is 0.436. The van der Waals surface area contributed by atoms with Gasteiger partial charge >= 0.3 is 0 Å². The Labute approximate surface area is 107 Å². The van der Waals surface area contributed by atoms with Gasteiger partial charge in [0.15, 0.2) is 0 Å². The highest BCUT2D eigenvalue weighted by atomic mass is 32.2. The Morgan fingerprint density at radius 2 is 2.17 bits per heavy atom. The van der Waals surface area contributed by atoms with Crippen LogP contribution in [0.1, 0.15) is 20.3 Å². The van der Waals surface area contributed by atoms with Gasteiger partial charge in [0, 0.05) is 24.5 Å². The van der Waals surface area contributed by atoms with Crippen LogP contribution in [0.15, 0.2) is 23.8 Å². The molecular formula is C12H15N3O2S. The van der Waals surface area contributed by atoms with Crippen LogP contribution in [0.3, 0.4) is 0 Å². The largest absolute Gasteiger partial charge is 0.221 e. The van der Waals surface area contributed by atoms with Gasteiger partial charge in [-0.25, -0.2) is 13.1 Å².